The average molecular weight is 404 g/mol. The second kappa shape index (κ2) is 9.57. The van der Waals surface area contributed by atoms with Crippen LogP contribution in [0.4, 0.5) is 0 Å². The summed E-state index contributed by atoms with van der Waals surface area (Å²) in [4.78, 5) is 25.5. The van der Waals surface area contributed by atoms with Gasteiger partial charge in [0.2, 0.25) is 0 Å². The number of hydrogen-bond donors (Lipinski definition) is 2. The number of fused-ring (bicyclic) bond motifs is 1. The van der Waals surface area contributed by atoms with E-state index in [2.05, 4.69) is 5.32 Å². The van der Waals surface area contributed by atoms with Crippen LogP contribution in [0.25, 0.3) is 0 Å². The van der Waals surface area contributed by atoms with Crippen molar-refractivity contribution in [1.82, 2.24) is 5.32 Å². The molecule has 1 amide bonds. The highest BCUT2D eigenvalue weighted by Gasteiger charge is 2.36. The molecule has 0 bridgehead atoms. The van der Waals surface area contributed by atoms with E-state index < -0.39 is 0 Å². The number of quaternary nitrogens is 1. The van der Waals surface area contributed by atoms with Crippen molar-refractivity contribution in [1.29, 1.82) is 0 Å². The lowest BCUT2D eigenvalue weighted by Gasteiger charge is -2.31. The van der Waals surface area contributed by atoms with E-state index in [1.165, 1.54) is 7.11 Å². The van der Waals surface area contributed by atoms with Crippen LogP contribution in [0.2, 0.25) is 5.02 Å². The van der Waals surface area contributed by atoms with Crippen LogP contribution in [-0.4, -0.2) is 44.7 Å². The van der Waals surface area contributed by atoms with Crippen LogP contribution in [0.15, 0.2) is 48.5 Å². The van der Waals surface area contributed by atoms with Gasteiger partial charge in [0, 0.05) is 17.0 Å². The fourth-order valence-corrected chi connectivity index (χ4v) is 3.52. The van der Waals surface area contributed by atoms with E-state index in [1.54, 1.807) is 24.3 Å². The zero-order chi connectivity index (χ0) is 19.9. The van der Waals surface area contributed by atoms with Gasteiger partial charge < -0.3 is 19.7 Å². The minimum absolute atomic E-state index is 0.122. The van der Waals surface area contributed by atoms with E-state index in [-0.39, 0.29) is 24.5 Å². The molecule has 0 fully saturated rings. The molecule has 0 saturated heterocycles. The van der Waals surface area contributed by atoms with Crippen molar-refractivity contribution < 1.29 is 24.0 Å². The van der Waals surface area contributed by atoms with Crippen LogP contribution in [0.3, 0.4) is 0 Å². The standard InChI is InChI=1S/C21H23ClN2O4/c1-27-21(26)19-12-15-4-2-3-5-16(15)13-24(19)14-20(25)23-10-11-28-18-8-6-17(22)7-9-18/h2-9,19H,10-14H2,1H3,(H,23,25)/p+1/t19-/m1/s1. The first-order valence-corrected chi connectivity index (χ1v) is 9.59. The fourth-order valence-electron chi connectivity index (χ4n) is 3.40. The summed E-state index contributed by atoms with van der Waals surface area (Å²) in [7, 11) is 1.38. The zero-order valence-corrected chi connectivity index (χ0v) is 16.5. The SMILES string of the molecule is COC(=O)[C@H]1Cc2ccccc2C[NH+]1CC(=O)NCCOc1ccc(Cl)cc1. The second-order valence-corrected chi connectivity index (χ2v) is 7.15. The first kappa shape index (κ1) is 20.2. The van der Waals surface area contributed by atoms with Gasteiger partial charge >= 0.3 is 5.97 Å². The zero-order valence-electron chi connectivity index (χ0n) is 15.7. The largest absolute Gasteiger partial charge is 0.492 e. The molecular formula is C21H24ClN2O4+. The number of esters is 1. The molecule has 2 aromatic rings. The number of carbonyl (C=O) groups is 2. The summed E-state index contributed by atoms with van der Waals surface area (Å²) in [6.45, 7) is 1.56. The molecule has 3 rings (SSSR count). The lowest BCUT2D eigenvalue weighted by molar-refractivity contribution is -0.924. The topological polar surface area (TPSA) is 69.1 Å². The number of nitrogens with one attached hydrogen (secondary N) is 2. The number of rotatable bonds is 7. The number of ether oxygens (including phenoxy) is 2. The molecular weight excluding hydrogens is 380 g/mol. The summed E-state index contributed by atoms with van der Waals surface area (Å²) in [6, 6.07) is 14.7. The van der Waals surface area contributed by atoms with Gasteiger partial charge in [-0.15, -0.1) is 0 Å². The Morgan fingerprint density at radius 1 is 1.14 bits per heavy atom. The summed E-state index contributed by atoms with van der Waals surface area (Å²) in [6.07, 6.45) is 0.575. The Hall–Kier alpha value is -2.57. The first-order chi connectivity index (χ1) is 13.6. The number of amides is 1. The molecule has 28 heavy (non-hydrogen) atoms. The van der Waals surface area contributed by atoms with Gasteiger partial charge in [-0.1, -0.05) is 35.9 Å². The highest BCUT2D eigenvalue weighted by atomic mass is 35.5. The molecule has 0 aromatic heterocycles. The predicted octanol–water partition coefficient (Wildman–Crippen LogP) is 1.02. The van der Waals surface area contributed by atoms with Crippen LogP contribution >= 0.6 is 11.6 Å². The summed E-state index contributed by atoms with van der Waals surface area (Å²) >= 11 is 5.84. The highest BCUT2D eigenvalue weighted by molar-refractivity contribution is 6.30. The second-order valence-electron chi connectivity index (χ2n) is 6.71. The predicted molar refractivity (Wildman–Crippen MR) is 105 cm³/mol. The first-order valence-electron chi connectivity index (χ1n) is 9.21. The van der Waals surface area contributed by atoms with Gasteiger partial charge in [-0.25, -0.2) is 4.79 Å². The molecule has 0 aliphatic carbocycles. The third kappa shape index (κ3) is 5.24. The number of methoxy groups -OCH3 is 1. The number of hydrogen-bond acceptors (Lipinski definition) is 4. The average Bonchev–Trinajstić information content (AvgIpc) is 2.71. The van der Waals surface area contributed by atoms with Crippen LogP contribution < -0.4 is 15.0 Å². The molecule has 1 heterocycles. The lowest BCUT2D eigenvalue weighted by Crippen LogP contribution is -3.17. The molecule has 1 aliphatic rings. The van der Waals surface area contributed by atoms with Crippen molar-refractivity contribution in [3.63, 3.8) is 0 Å². The van der Waals surface area contributed by atoms with Crippen LogP contribution in [0, 0.1) is 0 Å². The number of halogens is 1. The Bertz CT molecular complexity index is 825. The fraction of sp³-hybridized carbons (Fsp3) is 0.333. The maximum absolute atomic E-state index is 12.4. The van der Waals surface area contributed by atoms with E-state index in [0.29, 0.717) is 36.9 Å². The van der Waals surface area contributed by atoms with Crippen molar-refractivity contribution >= 4 is 23.5 Å². The Balaban J connectivity index is 1.51. The summed E-state index contributed by atoms with van der Waals surface area (Å²) in [5, 5.41) is 3.50. The van der Waals surface area contributed by atoms with Gasteiger partial charge in [0.1, 0.15) is 18.9 Å². The third-order valence-corrected chi connectivity index (χ3v) is 5.08. The summed E-state index contributed by atoms with van der Waals surface area (Å²) in [5.41, 5.74) is 2.30. The van der Waals surface area contributed by atoms with Crippen molar-refractivity contribution in [3.05, 3.63) is 64.7 Å². The monoisotopic (exact) mass is 403 g/mol. The van der Waals surface area contributed by atoms with Crippen molar-refractivity contribution in [2.75, 3.05) is 26.8 Å². The molecule has 1 aliphatic heterocycles. The highest BCUT2D eigenvalue weighted by Crippen LogP contribution is 2.15. The van der Waals surface area contributed by atoms with Crippen molar-refractivity contribution in [2.45, 2.75) is 19.0 Å². The van der Waals surface area contributed by atoms with Gasteiger partial charge in [0.25, 0.3) is 5.91 Å². The van der Waals surface area contributed by atoms with Crippen molar-refractivity contribution in [2.24, 2.45) is 0 Å². The van der Waals surface area contributed by atoms with Gasteiger partial charge in [0.05, 0.1) is 13.7 Å². The minimum atomic E-state index is -0.379. The van der Waals surface area contributed by atoms with E-state index in [9.17, 15) is 9.59 Å². The molecule has 148 valence electrons. The lowest BCUT2D eigenvalue weighted by atomic mass is 9.94. The van der Waals surface area contributed by atoms with E-state index in [4.69, 9.17) is 21.1 Å². The number of carbonyl (C=O) groups excluding carboxylic acids is 2. The summed E-state index contributed by atoms with van der Waals surface area (Å²) in [5.74, 6) is 0.286. The Labute approximate surface area is 169 Å². The Morgan fingerprint density at radius 3 is 2.57 bits per heavy atom. The van der Waals surface area contributed by atoms with Gasteiger partial charge in [-0.3, -0.25) is 4.79 Å². The van der Waals surface area contributed by atoms with Gasteiger partial charge in [-0.2, -0.15) is 0 Å². The van der Waals surface area contributed by atoms with Gasteiger partial charge in [-0.05, 0) is 29.8 Å². The maximum atomic E-state index is 12.4. The van der Waals surface area contributed by atoms with Gasteiger partial charge in [0.15, 0.2) is 12.6 Å². The Morgan fingerprint density at radius 2 is 1.86 bits per heavy atom. The summed E-state index contributed by atoms with van der Waals surface area (Å²) < 4.78 is 10.5. The molecule has 0 spiro atoms. The molecule has 0 saturated carbocycles. The molecule has 0 radical (unpaired) electrons. The quantitative estimate of drug-likeness (QED) is 0.535. The Kier molecular flexibility index (Phi) is 6.90. The number of benzene rings is 2. The van der Waals surface area contributed by atoms with E-state index >= 15 is 0 Å². The minimum Gasteiger partial charge on any atom is -0.492 e. The van der Waals surface area contributed by atoms with Crippen LogP contribution in [0.5, 0.6) is 5.75 Å². The van der Waals surface area contributed by atoms with E-state index in [0.717, 1.165) is 16.0 Å². The van der Waals surface area contributed by atoms with Crippen LogP contribution in [-0.2, 0) is 27.3 Å². The van der Waals surface area contributed by atoms with Crippen LogP contribution in [0.1, 0.15) is 11.1 Å². The van der Waals surface area contributed by atoms with Crippen molar-refractivity contribution in [3.8, 4) is 5.75 Å². The van der Waals surface area contributed by atoms with E-state index in [1.807, 2.05) is 24.3 Å². The molecule has 2 N–H and O–H groups in total. The molecule has 6 nitrogen and oxygen atoms in total. The molecule has 7 heteroatoms. The molecule has 2 atom stereocenters. The smallest absolute Gasteiger partial charge is 0.365 e. The third-order valence-electron chi connectivity index (χ3n) is 4.83. The maximum Gasteiger partial charge on any atom is 0.365 e. The molecule has 2 aromatic carbocycles. The molecule has 1 unspecified atom stereocenters. The normalized spacial score (nSPS) is 18.1.